The fourth-order valence-corrected chi connectivity index (χ4v) is 2.55. The number of carbonyl (C=O) groups excluding carboxylic acids is 1. The molecule has 0 aromatic rings. The summed E-state index contributed by atoms with van der Waals surface area (Å²) < 4.78 is 21.2. The van der Waals surface area contributed by atoms with Crippen molar-refractivity contribution in [1.82, 2.24) is 0 Å². The molecule has 0 spiro atoms. The van der Waals surface area contributed by atoms with E-state index >= 15 is 0 Å². The van der Waals surface area contributed by atoms with Gasteiger partial charge in [0.05, 0.1) is 51.8 Å². The number of esters is 1. The Bertz CT molecular complexity index is 408. The van der Waals surface area contributed by atoms with Gasteiger partial charge in [-0.15, -0.1) is 0 Å². The van der Waals surface area contributed by atoms with E-state index in [0.717, 1.165) is 0 Å². The Hall–Kier alpha value is -0.850. The molecule has 0 rings (SSSR count). The average molecular weight is 427 g/mol. The van der Waals surface area contributed by atoms with Gasteiger partial charge in [-0.05, 0) is 19.8 Å². The van der Waals surface area contributed by atoms with Gasteiger partial charge in [-0.25, -0.2) is 0 Å². The first-order chi connectivity index (χ1) is 13.7. The van der Waals surface area contributed by atoms with Crippen LogP contribution in [0.15, 0.2) is 0 Å². The number of hydrogen-bond acceptors (Lipinski definition) is 10. The van der Waals surface area contributed by atoms with Crippen LogP contribution in [0.3, 0.4) is 0 Å². The number of hydrogen-bond donors (Lipinski definition) is 5. The lowest BCUT2D eigenvalue weighted by molar-refractivity contribution is -0.147. The molecule has 0 aliphatic carbocycles. The second kappa shape index (κ2) is 16.9. The Morgan fingerprint density at radius 3 is 2.00 bits per heavy atom. The predicted molar refractivity (Wildman–Crippen MR) is 103 cm³/mol. The minimum absolute atomic E-state index is 0.0814. The van der Waals surface area contributed by atoms with Gasteiger partial charge in [-0.1, -0.05) is 6.92 Å². The quantitative estimate of drug-likeness (QED) is 0.172. The zero-order chi connectivity index (χ0) is 22.2. The molecule has 29 heavy (non-hydrogen) atoms. The van der Waals surface area contributed by atoms with E-state index < -0.39 is 43.1 Å². The molecule has 10 nitrogen and oxygen atoms in total. The van der Waals surface area contributed by atoms with Gasteiger partial charge < -0.3 is 44.5 Å². The molecule has 10 heteroatoms. The van der Waals surface area contributed by atoms with E-state index in [1.807, 2.05) is 6.92 Å². The number of rotatable bonds is 18. The fraction of sp³-hybridized carbons (Fsp3) is 0.947. The van der Waals surface area contributed by atoms with Crippen LogP contribution in [0, 0.1) is 0 Å². The summed E-state index contributed by atoms with van der Waals surface area (Å²) in [6.07, 6.45) is -2.67. The van der Waals surface area contributed by atoms with Crippen molar-refractivity contribution >= 4 is 5.97 Å². The van der Waals surface area contributed by atoms with Crippen LogP contribution in [0.25, 0.3) is 0 Å². The summed E-state index contributed by atoms with van der Waals surface area (Å²) in [5.74, 6) is -0.395. The second-order valence-corrected chi connectivity index (χ2v) is 7.07. The monoisotopic (exact) mass is 426 g/mol. The van der Waals surface area contributed by atoms with E-state index in [0.29, 0.717) is 19.3 Å². The van der Waals surface area contributed by atoms with Crippen LogP contribution >= 0.6 is 0 Å². The van der Waals surface area contributed by atoms with Gasteiger partial charge in [0.2, 0.25) is 0 Å². The molecule has 6 atom stereocenters. The summed E-state index contributed by atoms with van der Waals surface area (Å²) in [4.78, 5) is 10.9. The van der Waals surface area contributed by atoms with Crippen molar-refractivity contribution in [3.05, 3.63) is 0 Å². The lowest BCUT2D eigenvalue weighted by atomic mass is 10.0. The standard InChI is InChI=1S/C19H38O10/c1-4-18(6-15(23)5-13(2)29-14(3)22)28-12-19(8-21)27-11-17(25)10-26-9-16(24)7-20/h13,15-21,23-25H,4-12H2,1-3H3. The van der Waals surface area contributed by atoms with Crippen molar-refractivity contribution in [3.8, 4) is 0 Å². The first-order valence-corrected chi connectivity index (χ1v) is 9.95. The normalized spacial score (nSPS) is 17.9. The van der Waals surface area contributed by atoms with Crippen LogP contribution in [0.4, 0.5) is 0 Å². The maximum absolute atomic E-state index is 10.9. The van der Waals surface area contributed by atoms with E-state index in [2.05, 4.69) is 0 Å². The lowest BCUT2D eigenvalue weighted by Gasteiger charge is -2.24. The third-order valence-corrected chi connectivity index (χ3v) is 4.04. The van der Waals surface area contributed by atoms with Crippen LogP contribution in [0.1, 0.15) is 40.0 Å². The molecule has 0 aliphatic heterocycles. The van der Waals surface area contributed by atoms with Gasteiger partial charge in [-0.2, -0.15) is 0 Å². The Kier molecular flexibility index (Phi) is 16.4. The van der Waals surface area contributed by atoms with Crippen molar-refractivity contribution in [1.29, 1.82) is 0 Å². The Balaban J connectivity index is 4.16. The molecule has 0 radical (unpaired) electrons. The van der Waals surface area contributed by atoms with Crippen LogP contribution in [0.2, 0.25) is 0 Å². The van der Waals surface area contributed by atoms with Crippen LogP contribution in [-0.4, -0.2) is 108 Å². The molecule has 0 amide bonds. The van der Waals surface area contributed by atoms with Crippen molar-refractivity contribution < 1.29 is 49.3 Å². The summed E-state index contributed by atoms with van der Waals surface area (Å²) in [5, 5.41) is 47.1. The first kappa shape index (κ1) is 28.1. The summed E-state index contributed by atoms with van der Waals surface area (Å²) in [5.41, 5.74) is 0. The van der Waals surface area contributed by atoms with E-state index in [4.69, 9.17) is 29.2 Å². The Morgan fingerprint density at radius 2 is 1.45 bits per heavy atom. The van der Waals surface area contributed by atoms with Gasteiger partial charge in [-0.3, -0.25) is 4.79 Å². The summed E-state index contributed by atoms with van der Waals surface area (Å²) in [6.45, 7) is 4.01. The molecule has 5 N–H and O–H groups in total. The van der Waals surface area contributed by atoms with E-state index in [-0.39, 0.29) is 39.1 Å². The highest BCUT2D eigenvalue weighted by atomic mass is 16.6. The minimum Gasteiger partial charge on any atom is -0.463 e. The highest BCUT2D eigenvalue weighted by molar-refractivity contribution is 5.66. The molecule has 0 saturated heterocycles. The number of aliphatic hydroxyl groups is 5. The van der Waals surface area contributed by atoms with E-state index in [1.165, 1.54) is 6.92 Å². The minimum atomic E-state index is -1.000. The van der Waals surface area contributed by atoms with Gasteiger partial charge >= 0.3 is 5.97 Å². The molecule has 174 valence electrons. The first-order valence-electron chi connectivity index (χ1n) is 9.95. The maximum atomic E-state index is 10.9. The molecule has 0 aromatic heterocycles. The molecule has 0 bridgehead atoms. The predicted octanol–water partition coefficient (Wildman–Crippen LogP) is -1.02. The lowest BCUT2D eigenvalue weighted by Crippen LogP contribution is -2.33. The van der Waals surface area contributed by atoms with Gasteiger partial charge in [0, 0.05) is 13.3 Å². The fourth-order valence-electron chi connectivity index (χ4n) is 2.55. The summed E-state index contributed by atoms with van der Waals surface area (Å²) in [7, 11) is 0. The molecular weight excluding hydrogens is 388 g/mol. The van der Waals surface area contributed by atoms with Crippen molar-refractivity contribution in [2.75, 3.05) is 39.6 Å². The SMILES string of the molecule is CCC(CC(O)CC(C)OC(C)=O)OCC(CO)OCC(O)COCC(O)CO. The number of carbonyl (C=O) groups is 1. The van der Waals surface area contributed by atoms with Crippen molar-refractivity contribution in [3.63, 3.8) is 0 Å². The molecule has 0 aromatic carbocycles. The zero-order valence-electron chi connectivity index (χ0n) is 17.6. The van der Waals surface area contributed by atoms with Gasteiger partial charge in [0.25, 0.3) is 0 Å². The zero-order valence-corrected chi connectivity index (χ0v) is 17.6. The van der Waals surface area contributed by atoms with Gasteiger partial charge in [0.15, 0.2) is 0 Å². The second-order valence-electron chi connectivity index (χ2n) is 7.07. The van der Waals surface area contributed by atoms with E-state index in [9.17, 15) is 20.1 Å². The molecule has 0 heterocycles. The van der Waals surface area contributed by atoms with Crippen LogP contribution in [-0.2, 0) is 23.7 Å². The number of ether oxygens (including phenoxy) is 4. The third-order valence-electron chi connectivity index (χ3n) is 4.04. The van der Waals surface area contributed by atoms with Crippen LogP contribution in [0.5, 0.6) is 0 Å². The highest BCUT2D eigenvalue weighted by Crippen LogP contribution is 2.14. The Labute approximate surface area is 172 Å². The molecule has 0 aliphatic rings. The topological polar surface area (TPSA) is 155 Å². The van der Waals surface area contributed by atoms with Crippen molar-refractivity contribution in [2.24, 2.45) is 0 Å². The molecular formula is C19H38O10. The molecule has 0 saturated carbocycles. The average Bonchev–Trinajstić information content (AvgIpc) is 2.65. The van der Waals surface area contributed by atoms with E-state index in [1.54, 1.807) is 6.92 Å². The summed E-state index contributed by atoms with van der Waals surface area (Å²) >= 11 is 0. The van der Waals surface area contributed by atoms with Crippen LogP contribution < -0.4 is 0 Å². The highest BCUT2D eigenvalue weighted by Gasteiger charge is 2.20. The molecule has 6 unspecified atom stereocenters. The Morgan fingerprint density at radius 1 is 0.828 bits per heavy atom. The molecule has 0 fully saturated rings. The van der Waals surface area contributed by atoms with Gasteiger partial charge in [0.1, 0.15) is 24.4 Å². The number of aliphatic hydroxyl groups excluding tert-OH is 5. The third kappa shape index (κ3) is 15.6. The smallest absolute Gasteiger partial charge is 0.302 e. The largest absolute Gasteiger partial charge is 0.463 e. The summed E-state index contributed by atoms with van der Waals surface area (Å²) in [6, 6.07) is 0. The maximum Gasteiger partial charge on any atom is 0.302 e. The van der Waals surface area contributed by atoms with Crippen molar-refractivity contribution in [2.45, 2.75) is 76.7 Å².